The van der Waals surface area contributed by atoms with Crippen molar-refractivity contribution in [2.24, 2.45) is 0 Å². The Labute approximate surface area is 127 Å². The first-order chi connectivity index (χ1) is 10.1. The van der Waals surface area contributed by atoms with Crippen LogP contribution in [0.3, 0.4) is 0 Å². The molecule has 0 fully saturated rings. The Hall–Kier alpha value is -1.92. The van der Waals surface area contributed by atoms with Gasteiger partial charge in [0.15, 0.2) is 5.13 Å². The Bertz CT molecular complexity index is 687. The Morgan fingerprint density at radius 2 is 2.38 bits per heavy atom. The lowest BCUT2D eigenvalue weighted by molar-refractivity contribution is -0.111. The zero-order valence-electron chi connectivity index (χ0n) is 12.0. The van der Waals surface area contributed by atoms with Gasteiger partial charge in [0.1, 0.15) is 11.5 Å². The van der Waals surface area contributed by atoms with Gasteiger partial charge >= 0.3 is 0 Å². The van der Waals surface area contributed by atoms with Crippen molar-refractivity contribution in [3.8, 4) is 0 Å². The first kappa shape index (κ1) is 14.0. The standard InChI is InChI=1S/C15H17N3O2S/c1-10-3-4-11(20-10)5-6-14(19)17-15-16-12-7-8-18(2)9-13(12)21-15/h3-6H,7-9H2,1-2H3,(H,16,17,19)/b6-5+. The van der Waals surface area contributed by atoms with Crippen LogP contribution < -0.4 is 5.32 Å². The van der Waals surface area contributed by atoms with Crippen LogP contribution in [0.4, 0.5) is 5.13 Å². The minimum absolute atomic E-state index is 0.191. The molecular weight excluding hydrogens is 286 g/mol. The molecule has 1 N–H and O–H groups in total. The van der Waals surface area contributed by atoms with Crippen molar-refractivity contribution in [1.29, 1.82) is 0 Å². The first-order valence-corrected chi connectivity index (χ1v) is 7.64. The summed E-state index contributed by atoms with van der Waals surface area (Å²) in [6.45, 7) is 3.79. The number of thiazole rings is 1. The van der Waals surface area contributed by atoms with E-state index < -0.39 is 0 Å². The number of hydrogen-bond acceptors (Lipinski definition) is 5. The van der Waals surface area contributed by atoms with E-state index in [9.17, 15) is 4.79 Å². The van der Waals surface area contributed by atoms with E-state index in [4.69, 9.17) is 4.42 Å². The largest absolute Gasteiger partial charge is 0.462 e. The third kappa shape index (κ3) is 3.40. The number of fused-ring (bicyclic) bond motifs is 1. The van der Waals surface area contributed by atoms with E-state index in [0.717, 1.165) is 31.0 Å². The molecule has 0 saturated carbocycles. The third-order valence-electron chi connectivity index (χ3n) is 3.31. The lowest BCUT2D eigenvalue weighted by atomic mass is 10.2. The minimum Gasteiger partial charge on any atom is -0.462 e. The third-order valence-corrected chi connectivity index (χ3v) is 4.31. The van der Waals surface area contributed by atoms with Gasteiger partial charge in [-0.1, -0.05) is 0 Å². The molecule has 1 aliphatic rings. The summed E-state index contributed by atoms with van der Waals surface area (Å²) < 4.78 is 5.38. The molecule has 6 heteroatoms. The highest BCUT2D eigenvalue weighted by Crippen LogP contribution is 2.27. The predicted octanol–water partition coefficient (Wildman–Crippen LogP) is 2.68. The van der Waals surface area contributed by atoms with Crippen LogP contribution in [0, 0.1) is 6.92 Å². The highest BCUT2D eigenvalue weighted by molar-refractivity contribution is 7.15. The number of anilines is 1. The first-order valence-electron chi connectivity index (χ1n) is 6.83. The number of amides is 1. The molecule has 1 aliphatic heterocycles. The average molecular weight is 303 g/mol. The van der Waals surface area contributed by atoms with Crippen LogP contribution in [0.1, 0.15) is 22.1 Å². The van der Waals surface area contributed by atoms with Crippen molar-refractivity contribution in [2.45, 2.75) is 19.9 Å². The van der Waals surface area contributed by atoms with E-state index in [2.05, 4.69) is 22.2 Å². The minimum atomic E-state index is -0.191. The quantitative estimate of drug-likeness (QED) is 0.886. The zero-order chi connectivity index (χ0) is 14.8. The van der Waals surface area contributed by atoms with Gasteiger partial charge in [-0.25, -0.2) is 4.98 Å². The van der Waals surface area contributed by atoms with Crippen molar-refractivity contribution >= 4 is 28.5 Å². The van der Waals surface area contributed by atoms with E-state index in [-0.39, 0.29) is 5.91 Å². The maximum absolute atomic E-state index is 11.9. The molecule has 110 valence electrons. The number of nitrogens with one attached hydrogen (secondary N) is 1. The van der Waals surface area contributed by atoms with E-state index in [1.807, 2.05) is 19.1 Å². The van der Waals surface area contributed by atoms with Crippen LogP contribution in [-0.4, -0.2) is 29.4 Å². The summed E-state index contributed by atoms with van der Waals surface area (Å²) in [7, 11) is 2.09. The second-order valence-corrected chi connectivity index (χ2v) is 6.23. The van der Waals surface area contributed by atoms with Gasteiger partial charge in [-0.3, -0.25) is 10.1 Å². The van der Waals surface area contributed by atoms with Crippen LogP contribution in [0.25, 0.3) is 6.08 Å². The number of carbonyl (C=O) groups is 1. The summed E-state index contributed by atoms with van der Waals surface area (Å²) in [5.74, 6) is 1.30. The molecule has 1 amide bonds. The molecule has 0 aliphatic carbocycles. The fourth-order valence-corrected chi connectivity index (χ4v) is 3.32. The van der Waals surface area contributed by atoms with Crippen molar-refractivity contribution in [2.75, 3.05) is 18.9 Å². The molecule has 3 heterocycles. The molecule has 0 bridgehead atoms. The number of hydrogen-bond donors (Lipinski definition) is 1. The van der Waals surface area contributed by atoms with Crippen molar-refractivity contribution in [1.82, 2.24) is 9.88 Å². The van der Waals surface area contributed by atoms with E-state index in [0.29, 0.717) is 10.9 Å². The van der Waals surface area contributed by atoms with Crippen LogP contribution in [-0.2, 0) is 17.8 Å². The number of nitrogens with zero attached hydrogens (tertiary/aromatic N) is 2. The number of rotatable bonds is 3. The number of aromatic nitrogens is 1. The molecule has 5 nitrogen and oxygen atoms in total. The normalized spacial score (nSPS) is 15.3. The average Bonchev–Trinajstić information content (AvgIpc) is 3.01. The van der Waals surface area contributed by atoms with Gasteiger partial charge in [0.2, 0.25) is 5.91 Å². The van der Waals surface area contributed by atoms with Crippen LogP contribution in [0.2, 0.25) is 0 Å². The van der Waals surface area contributed by atoms with Crippen molar-refractivity contribution < 1.29 is 9.21 Å². The Morgan fingerprint density at radius 3 is 3.14 bits per heavy atom. The molecule has 0 saturated heterocycles. The monoisotopic (exact) mass is 303 g/mol. The van der Waals surface area contributed by atoms with Gasteiger partial charge in [-0.15, -0.1) is 11.3 Å². The Kier molecular flexibility index (Phi) is 3.90. The summed E-state index contributed by atoms with van der Waals surface area (Å²) >= 11 is 1.55. The number of likely N-dealkylation sites (N-methyl/N-ethyl adjacent to an activating group) is 1. The van der Waals surface area contributed by atoms with E-state index in [1.165, 1.54) is 11.0 Å². The Balaban J connectivity index is 1.64. The molecule has 2 aromatic rings. The second-order valence-electron chi connectivity index (χ2n) is 5.15. The van der Waals surface area contributed by atoms with Crippen LogP contribution >= 0.6 is 11.3 Å². The molecule has 21 heavy (non-hydrogen) atoms. The molecule has 0 radical (unpaired) electrons. The van der Waals surface area contributed by atoms with Gasteiger partial charge in [0, 0.05) is 30.5 Å². The van der Waals surface area contributed by atoms with Gasteiger partial charge in [0.05, 0.1) is 5.69 Å². The molecule has 0 atom stereocenters. The predicted molar refractivity (Wildman–Crippen MR) is 83.3 cm³/mol. The highest BCUT2D eigenvalue weighted by Gasteiger charge is 2.18. The molecule has 0 spiro atoms. The van der Waals surface area contributed by atoms with Crippen molar-refractivity contribution in [3.63, 3.8) is 0 Å². The van der Waals surface area contributed by atoms with E-state index >= 15 is 0 Å². The maximum Gasteiger partial charge on any atom is 0.250 e. The van der Waals surface area contributed by atoms with Gasteiger partial charge in [-0.05, 0) is 32.2 Å². The maximum atomic E-state index is 11.9. The second kappa shape index (κ2) is 5.83. The fourth-order valence-electron chi connectivity index (χ4n) is 2.22. The summed E-state index contributed by atoms with van der Waals surface area (Å²) in [4.78, 5) is 19.9. The number of carbonyl (C=O) groups excluding carboxylic acids is 1. The smallest absolute Gasteiger partial charge is 0.250 e. The summed E-state index contributed by atoms with van der Waals surface area (Å²) in [6, 6.07) is 3.69. The number of aryl methyl sites for hydroxylation is 1. The Morgan fingerprint density at radius 1 is 1.52 bits per heavy atom. The summed E-state index contributed by atoms with van der Waals surface area (Å²) in [5.41, 5.74) is 1.11. The lowest BCUT2D eigenvalue weighted by Crippen LogP contribution is -2.25. The molecule has 0 aromatic carbocycles. The molecule has 2 aromatic heterocycles. The van der Waals surface area contributed by atoms with Gasteiger partial charge in [0.25, 0.3) is 0 Å². The topological polar surface area (TPSA) is 58.4 Å². The van der Waals surface area contributed by atoms with Gasteiger partial charge in [-0.2, -0.15) is 0 Å². The fraction of sp³-hybridized carbons (Fsp3) is 0.333. The number of furan rings is 1. The summed E-state index contributed by atoms with van der Waals surface area (Å²) in [5, 5.41) is 3.48. The van der Waals surface area contributed by atoms with Crippen molar-refractivity contribution in [3.05, 3.63) is 40.3 Å². The van der Waals surface area contributed by atoms with Gasteiger partial charge < -0.3 is 9.32 Å². The van der Waals surface area contributed by atoms with Crippen LogP contribution in [0.15, 0.2) is 22.6 Å². The SMILES string of the molecule is Cc1ccc(/C=C/C(=O)Nc2nc3c(s2)CN(C)CC3)o1. The molecule has 0 unspecified atom stereocenters. The van der Waals surface area contributed by atoms with E-state index in [1.54, 1.807) is 17.4 Å². The molecule has 3 rings (SSSR count). The highest BCUT2D eigenvalue weighted by atomic mass is 32.1. The summed E-state index contributed by atoms with van der Waals surface area (Å²) in [6.07, 6.45) is 4.06. The molecular formula is C15H17N3O2S. The lowest BCUT2D eigenvalue weighted by Gasteiger charge is -2.20. The van der Waals surface area contributed by atoms with Crippen LogP contribution in [0.5, 0.6) is 0 Å². The zero-order valence-corrected chi connectivity index (χ0v) is 12.9.